The summed E-state index contributed by atoms with van der Waals surface area (Å²) in [5.74, 6) is 0.990. The highest BCUT2D eigenvalue weighted by Crippen LogP contribution is 2.31. The summed E-state index contributed by atoms with van der Waals surface area (Å²) in [5.41, 5.74) is 0. The van der Waals surface area contributed by atoms with Gasteiger partial charge in [-0.1, -0.05) is 26.2 Å². The van der Waals surface area contributed by atoms with Gasteiger partial charge in [0.05, 0.1) is 0 Å². The summed E-state index contributed by atoms with van der Waals surface area (Å²) in [6.45, 7) is 5.01. The molecule has 1 N–H and O–H groups in total. The highest BCUT2D eigenvalue weighted by atomic mass is 15.2. The molecule has 0 aromatic carbocycles. The SMILES string of the molecule is CCC(C1CCCCC1)N1CCCC(NC)C1. The standard InChI is InChI=1S/C15H30N2/c1-3-15(13-8-5-4-6-9-13)17-11-7-10-14(12-17)16-2/h13-16H,3-12H2,1-2H3. The summed E-state index contributed by atoms with van der Waals surface area (Å²) in [4.78, 5) is 2.79. The Morgan fingerprint density at radius 3 is 2.53 bits per heavy atom. The van der Waals surface area contributed by atoms with E-state index in [0.29, 0.717) is 0 Å². The Morgan fingerprint density at radius 2 is 1.88 bits per heavy atom. The van der Waals surface area contributed by atoms with Crippen molar-refractivity contribution in [3.63, 3.8) is 0 Å². The smallest absolute Gasteiger partial charge is 0.0192 e. The van der Waals surface area contributed by atoms with E-state index < -0.39 is 0 Å². The first-order valence-corrected chi connectivity index (χ1v) is 7.76. The minimum absolute atomic E-state index is 0.737. The monoisotopic (exact) mass is 238 g/mol. The van der Waals surface area contributed by atoms with Crippen LogP contribution < -0.4 is 5.32 Å². The van der Waals surface area contributed by atoms with Crippen molar-refractivity contribution in [2.24, 2.45) is 5.92 Å². The lowest BCUT2D eigenvalue weighted by Gasteiger charge is -2.42. The van der Waals surface area contributed by atoms with Gasteiger partial charge in [-0.15, -0.1) is 0 Å². The quantitative estimate of drug-likeness (QED) is 0.810. The highest BCUT2D eigenvalue weighted by molar-refractivity contribution is 4.86. The van der Waals surface area contributed by atoms with Crippen molar-refractivity contribution in [3.05, 3.63) is 0 Å². The van der Waals surface area contributed by atoms with E-state index in [1.165, 1.54) is 64.5 Å². The van der Waals surface area contributed by atoms with Gasteiger partial charge in [-0.2, -0.15) is 0 Å². The summed E-state index contributed by atoms with van der Waals surface area (Å²) in [6.07, 6.45) is 11.5. The number of hydrogen-bond donors (Lipinski definition) is 1. The molecular weight excluding hydrogens is 208 g/mol. The molecule has 0 aromatic heterocycles. The molecule has 2 nitrogen and oxygen atoms in total. The molecule has 0 bridgehead atoms. The van der Waals surface area contributed by atoms with Crippen LogP contribution in [-0.4, -0.2) is 37.1 Å². The third-order valence-corrected chi connectivity index (χ3v) is 4.94. The third kappa shape index (κ3) is 3.45. The molecule has 1 saturated carbocycles. The van der Waals surface area contributed by atoms with Gasteiger partial charge in [-0.3, -0.25) is 4.90 Å². The molecule has 1 aliphatic heterocycles. The van der Waals surface area contributed by atoms with Crippen LogP contribution in [0, 0.1) is 5.92 Å². The summed E-state index contributed by atoms with van der Waals surface area (Å²) in [5, 5.41) is 3.47. The predicted octanol–water partition coefficient (Wildman–Crippen LogP) is 3.03. The molecule has 1 saturated heterocycles. The van der Waals surface area contributed by atoms with Crippen molar-refractivity contribution in [2.45, 2.75) is 70.4 Å². The normalized spacial score (nSPS) is 30.4. The second kappa shape index (κ2) is 6.75. The van der Waals surface area contributed by atoms with Gasteiger partial charge in [0.1, 0.15) is 0 Å². The van der Waals surface area contributed by atoms with Crippen molar-refractivity contribution < 1.29 is 0 Å². The Balaban J connectivity index is 1.91. The molecule has 0 amide bonds. The number of rotatable bonds is 4. The van der Waals surface area contributed by atoms with Gasteiger partial charge in [0, 0.05) is 18.6 Å². The van der Waals surface area contributed by atoms with Crippen LogP contribution in [0.25, 0.3) is 0 Å². The van der Waals surface area contributed by atoms with Crippen LogP contribution >= 0.6 is 0 Å². The van der Waals surface area contributed by atoms with Crippen LogP contribution in [0.5, 0.6) is 0 Å². The van der Waals surface area contributed by atoms with E-state index in [0.717, 1.165) is 18.0 Å². The predicted molar refractivity (Wildman–Crippen MR) is 74.3 cm³/mol. The number of hydrogen-bond acceptors (Lipinski definition) is 2. The molecule has 2 aliphatic rings. The summed E-state index contributed by atoms with van der Waals surface area (Å²) < 4.78 is 0. The van der Waals surface area contributed by atoms with Gasteiger partial charge in [-0.05, 0) is 51.6 Å². The largest absolute Gasteiger partial charge is 0.316 e. The lowest BCUT2D eigenvalue weighted by molar-refractivity contribution is 0.0803. The van der Waals surface area contributed by atoms with Gasteiger partial charge in [0.25, 0.3) is 0 Å². The third-order valence-electron chi connectivity index (χ3n) is 4.94. The molecule has 0 spiro atoms. The summed E-state index contributed by atoms with van der Waals surface area (Å²) in [7, 11) is 2.12. The molecule has 2 fully saturated rings. The summed E-state index contributed by atoms with van der Waals surface area (Å²) in [6, 6.07) is 1.60. The van der Waals surface area contributed by atoms with Crippen LogP contribution in [0.4, 0.5) is 0 Å². The van der Waals surface area contributed by atoms with Crippen LogP contribution in [0.3, 0.4) is 0 Å². The Labute approximate surface area is 107 Å². The average molecular weight is 238 g/mol. The van der Waals surface area contributed by atoms with Crippen LogP contribution in [0.15, 0.2) is 0 Å². The molecular formula is C15H30N2. The van der Waals surface area contributed by atoms with Crippen molar-refractivity contribution in [1.29, 1.82) is 0 Å². The van der Waals surface area contributed by atoms with Crippen molar-refractivity contribution in [1.82, 2.24) is 10.2 Å². The number of likely N-dealkylation sites (N-methyl/N-ethyl adjacent to an activating group) is 1. The molecule has 2 atom stereocenters. The number of nitrogens with zero attached hydrogens (tertiary/aromatic N) is 1. The molecule has 2 rings (SSSR count). The zero-order chi connectivity index (χ0) is 12.1. The Bertz CT molecular complexity index is 211. The van der Waals surface area contributed by atoms with E-state index >= 15 is 0 Å². The van der Waals surface area contributed by atoms with Gasteiger partial charge < -0.3 is 5.32 Å². The fourth-order valence-corrected chi connectivity index (χ4v) is 3.95. The lowest BCUT2D eigenvalue weighted by atomic mass is 9.81. The van der Waals surface area contributed by atoms with Gasteiger partial charge in [0.2, 0.25) is 0 Å². The second-order valence-electron chi connectivity index (χ2n) is 6.00. The van der Waals surface area contributed by atoms with Crippen LogP contribution in [-0.2, 0) is 0 Å². The molecule has 2 heteroatoms. The van der Waals surface area contributed by atoms with Gasteiger partial charge >= 0.3 is 0 Å². The average Bonchev–Trinajstić information content (AvgIpc) is 2.41. The maximum absolute atomic E-state index is 3.47. The zero-order valence-corrected chi connectivity index (χ0v) is 11.8. The number of nitrogens with one attached hydrogen (secondary N) is 1. The van der Waals surface area contributed by atoms with E-state index in [1.807, 2.05) is 0 Å². The molecule has 0 aromatic rings. The molecule has 2 unspecified atom stereocenters. The first-order chi connectivity index (χ1) is 8.35. The maximum atomic E-state index is 3.47. The summed E-state index contributed by atoms with van der Waals surface area (Å²) >= 11 is 0. The highest BCUT2D eigenvalue weighted by Gasteiger charge is 2.30. The fourth-order valence-electron chi connectivity index (χ4n) is 3.95. The van der Waals surface area contributed by atoms with Crippen molar-refractivity contribution >= 4 is 0 Å². The molecule has 100 valence electrons. The molecule has 17 heavy (non-hydrogen) atoms. The molecule has 1 heterocycles. The van der Waals surface area contributed by atoms with E-state index in [-0.39, 0.29) is 0 Å². The van der Waals surface area contributed by atoms with E-state index in [4.69, 9.17) is 0 Å². The first kappa shape index (κ1) is 13.4. The Kier molecular flexibility index (Phi) is 5.30. The first-order valence-electron chi connectivity index (χ1n) is 7.76. The number of piperidine rings is 1. The lowest BCUT2D eigenvalue weighted by Crippen LogP contribution is -2.51. The number of likely N-dealkylation sites (tertiary alicyclic amines) is 1. The van der Waals surface area contributed by atoms with Crippen LogP contribution in [0.1, 0.15) is 58.3 Å². The van der Waals surface area contributed by atoms with Crippen LogP contribution in [0.2, 0.25) is 0 Å². The van der Waals surface area contributed by atoms with Gasteiger partial charge in [-0.25, -0.2) is 0 Å². The minimum atomic E-state index is 0.737. The van der Waals surface area contributed by atoms with E-state index in [1.54, 1.807) is 0 Å². The molecule has 0 radical (unpaired) electrons. The Hall–Kier alpha value is -0.0800. The maximum Gasteiger partial charge on any atom is 0.0192 e. The zero-order valence-electron chi connectivity index (χ0n) is 11.8. The van der Waals surface area contributed by atoms with E-state index in [2.05, 4.69) is 24.2 Å². The van der Waals surface area contributed by atoms with Gasteiger partial charge in [0.15, 0.2) is 0 Å². The van der Waals surface area contributed by atoms with Crippen molar-refractivity contribution in [2.75, 3.05) is 20.1 Å². The topological polar surface area (TPSA) is 15.3 Å². The minimum Gasteiger partial charge on any atom is -0.316 e. The van der Waals surface area contributed by atoms with E-state index in [9.17, 15) is 0 Å². The Morgan fingerprint density at radius 1 is 1.12 bits per heavy atom. The van der Waals surface area contributed by atoms with Crippen molar-refractivity contribution in [3.8, 4) is 0 Å². The second-order valence-corrected chi connectivity index (χ2v) is 6.00. The molecule has 1 aliphatic carbocycles. The fraction of sp³-hybridized carbons (Fsp3) is 1.00.